The number of rotatable bonds is 3. The maximum absolute atomic E-state index is 12.4. The van der Waals surface area contributed by atoms with Crippen molar-refractivity contribution in [2.75, 3.05) is 19.6 Å². The highest BCUT2D eigenvalue weighted by Crippen LogP contribution is 2.37. The van der Waals surface area contributed by atoms with Crippen LogP contribution in [0.1, 0.15) is 36.1 Å². The molecule has 2 aliphatic heterocycles. The Bertz CT molecular complexity index is 650. The Hall–Kier alpha value is -1.11. The summed E-state index contributed by atoms with van der Waals surface area (Å²) >= 11 is 1.77. The van der Waals surface area contributed by atoms with Crippen molar-refractivity contribution < 1.29 is 9.59 Å². The van der Waals surface area contributed by atoms with Crippen molar-refractivity contribution in [2.45, 2.75) is 44.7 Å². The van der Waals surface area contributed by atoms with Gasteiger partial charge in [0.15, 0.2) is 0 Å². The highest BCUT2D eigenvalue weighted by Gasteiger charge is 2.42. The zero-order valence-electron chi connectivity index (χ0n) is 14.4. The first kappa shape index (κ1) is 18.7. The molecule has 1 saturated carbocycles. The summed E-state index contributed by atoms with van der Waals surface area (Å²) in [6.45, 7) is 3.12. The van der Waals surface area contributed by atoms with E-state index in [0.717, 1.165) is 38.9 Å². The molecule has 5 nitrogen and oxygen atoms in total. The number of nitrogens with zero attached hydrogens (tertiary/aromatic N) is 2. The Morgan fingerprint density at radius 1 is 1.16 bits per heavy atom. The molecule has 7 heteroatoms. The Kier molecular flexibility index (Phi) is 5.71. The van der Waals surface area contributed by atoms with Gasteiger partial charge in [0.05, 0.1) is 0 Å². The van der Waals surface area contributed by atoms with E-state index in [0.29, 0.717) is 31.2 Å². The number of thiophene rings is 1. The van der Waals surface area contributed by atoms with E-state index in [4.69, 9.17) is 5.73 Å². The van der Waals surface area contributed by atoms with Crippen molar-refractivity contribution in [2.24, 2.45) is 17.6 Å². The minimum absolute atomic E-state index is 0. The molecular formula is C18H26ClN3O2S. The minimum Gasteiger partial charge on any atom is -0.342 e. The standard InChI is InChI=1S/C18H25N3O2S.ClH/c19-15-2-1-12-9-21(11-14(12)15)18(23)4-3-17(22)20-7-5-16-13(10-20)6-8-24-16;/h6,8,12,14-15H,1-5,7,9-11,19H2;1H. The van der Waals surface area contributed by atoms with Gasteiger partial charge in [0.2, 0.25) is 11.8 Å². The fourth-order valence-electron chi connectivity index (χ4n) is 4.50. The van der Waals surface area contributed by atoms with Crippen LogP contribution < -0.4 is 5.73 Å². The maximum Gasteiger partial charge on any atom is 0.223 e. The molecule has 138 valence electrons. The number of fused-ring (bicyclic) bond motifs is 2. The topological polar surface area (TPSA) is 66.6 Å². The summed E-state index contributed by atoms with van der Waals surface area (Å²) in [4.78, 5) is 30.1. The van der Waals surface area contributed by atoms with Crippen LogP contribution in [-0.4, -0.2) is 47.3 Å². The molecule has 1 aliphatic carbocycles. The second-order valence-electron chi connectivity index (χ2n) is 7.40. The number of halogens is 1. The van der Waals surface area contributed by atoms with E-state index >= 15 is 0 Å². The first-order chi connectivity index (χ1) is 11.6. The largest absolute Gasteiger partial charge is 0.342 e. The fraction of sp³-hybridized carbons (Fsp3) is 0.667. The van der Waals surface area contributed by atoms with Crippen LogP contribution in [0.5, 0.6) is 0 Å². The molecule has 3 atom stereocenters. The third kappa shape index (κ3) is 3.71. The van der Waals surface area contributed by atoms with Crippen molar-refractivity contribution in [3.8, 4) is 0 Å². The maximum atomic E-state index is 12.4. The van der Waals surface area contributed by atoms with Crippen molar-refractivity contribution >= 4 is 35.6 Å². The van der Waals surface area contributed by atoms with Crippen LogP contribution in [0.25, 0.3) is 0 Å². The Morgan fingerprint density at radius 3 is 2.68 bits per heavy atom. The van der Waals surface area contributed by atoms with Gasteiger partial charge in [0, 0.05) is 49.9 Å². The monoisotopic (exact) mass is 383 g/mol. The van der Waals surface area contributed by atoms with Crippen LogP contribution in [0.3, 0.4) is 0 Å². The second kappa shape index (κ2) is 7.64. The number of amides is 2. The number of likely N-dealkylation sites (tertiary alicyclic amines) is 1. The van der Waals surface area contributed by atoms with Gasteiger partial charge in [-0.3, -0.25) is 9.59 Å². The summed E-state index contributed by atoms with van der Waals surface area (Å²) in [5.41, 5.74) is 7.40. The molecule has 2 N–H and O–H groups in total. The van der Waals surface area contributed by atoms with Crippen LogP contribution in [0, 0.1) is 11.8 Å². The SMILES string of the molecule is Cl.NC1CCC2CN(C(=O)CCC(=O)N3CCc4sccc4C3)CC12. The van der Waals surface area contributed by atoms with Gasteiger partial charge in [0.25, 0.3) is 0 Å². The number of carbonyl (C=O) groups is 2. The van der Waals surface area contributed by atoms with Gasteiger partial charge in [-0.1, -0.05) is 0 Å². The van der Waals surface area contributed by atoms with Gasteiger partial charge in [-0.15, -0.1) is 23.7 Å². The minimum atomic E-state index is 0. The van der Waals surface area contributed by atoms with Gasteiger partial charge < -0.3 is 15.5 Å². The summed E-state index contributed by atoms with van der Waals surface area (Å²) in [5.74, 6) is 1.29. The summed E-state index contributed by atoms with van der Waals surface area (Å²) in [6.07, 6.45) is 3.84. The smallest absolute Gasteiger partial charge is 0.223 e. The van der Waals surface area contributed by atoms with Crippen LogP contribution in [-0.2, 0) is 22.6 Å². The van der Waals surface area contributed by atoms with Crippen molar-refractivity contribution in [1.82, 2.24) is 9.80 Å². The van der Waals surface area contributed by atoms with E-state index in [-0.39, 0.29) is 30.3 Å². The third-order valence-electron chi connectivity index (χ3n) is 5.98. The van der Waals surface area contributed by atoms with Gasteiger partial charge in [-0.05, 0) is 48.1 Å². The first-order valence-electron chi connectivity index (χ1n) is 8.98. The Labute approximate surface area is 158 Å². The normalized spacial score (nSPS) is 27.6. The van der Waals surface area contributed by atoms with Gasteiger partial charge in [0.1, 0.15) is 0 Å². The van der Waals surface area contributed by atoms with Gasteiger partial charge >= 0.3 is 0 Å². The molecule has 0 aromatic carbocycles. The molecule has 25 heavy (non-hydrogen) atoms. The number of hydrogen-bond donors (Lipinski definition) is 1. The highest BCUT2D eigenvalue weighted by atomic mass is 35.5. The number of carbonyl (C=O) groups excluding carboxylic acids is 2. The molecule has 2 fully saturated rings. The molecule has 0 bridgehead atoms. The predicted octanol–water partition coefficient (Wildman–Crippen LogP) is 2.03. The van der Waals surface area contributed by atoms with E-state index in [1.165, 1.54) is 10.4 Å². The van der Waals surface area contributed by atoms with Crippen LogP contribution >= 0.6 is 23.7 Å². The summed E-state index contributed by atoms with van der Waals surface area (Å²) in [7, 11) is 0. The lowest BCUT2D eigenvalue weighted by Crippen LogP contribution is -2.37. The van der Waals surface area contributed by atoms with Gasteiger partial charge in [-0.25, -0.2) is 0 Å². The summed E-state index contributed by atoms with van der Waals surface area (Å²) < 4.78 is 0. The molecular weight excluding hydrogens is 358 g/mol. The predicted molar refractivity (Wildman–Crippen MR) is 101 cm³/mol. The molecule has 3 unspecified atom stereocenters. The van der Waals surface area contributed by atoms with Gasteiger partial charge in [-0.2, -0.15) is 0 Å². The lowest BCUT2D eigenvalue weighted by Gasteiger charge is -2.27. The first-order valence-corrected chi connectivity index (χ1v) is 9.86. The quantitative estimate of drug-likeness (QED) is 0.868. The molecule has 2 amide bonds. The molecule has 1 aromatic heterocycles. The Morgan fingerprint density at radius 2 is 1.92 bits per heavy atom. The highest BCUT2D eigenvalue weighted by molar-refractivity contribution is 7.10. The molecule has 3 heterocycles. The van der Waals surface area contributed by atoms with E-state index < -0.39 is 0 Å². The summed E-state index contributed by atoms with van der Waals surface area (Å²) in [6, 6.07) is 2.36. The number of nitrogens with two attached hydrogens (primary N) is 1. The molecule has 0 radical (unpaired) electrons. The molecule has 0 spiro atoms. The van der Waals surface area contributed by atoms with Crippen molar-refractivity contribution in [3.05, 3.63) is 21.9 Å². The zero-order chi connectivity index (χ0) is 16.7. The molecule has 3 aliphatic rings. The van der Waals surface area contributed by atoms with Crippen LogP contribution in [0.2, 0.25) is 0 Å². The second-order valence-corrected chi connectivity index (χ2v) is 8.40. The van der Waals surface area contributed by atoms with Crippen molar-refractivity contribution in [3.63, 3.8) is 0 Å². The number of hydrogen-bond acceptors (Lipinski definition) is 4. The van der Waals surface area contributed by atoms with E-state index in [2.05, 4.69) is 11.4 Å². The average molecular weight is 384 g/mol. The summed E-state index contributed by atoms with van der Waals surface area (Å²) in [5, 5.41) is 2.09. The fourth-order valence-corrected chi connectivity index (χ4v) is 5.39. The zero-order valence-corrected chi connectivity index (χ0v) is 16.0. The van der Waals surface area contributed by atoms with Crippen LogP contribution in [0.4, 0.5) is 0 Å². The molecule has 1 saturated heterocycles. The van der Waals surface area contributed by atoms with E-state index in [1.54, 1.807) is 11.3 Å². The van der Waals surface area contributed by atoms with Crippen LogP contribution in [0.15, 0.2) is 11.4 Å². The van der Waals surface area contributed by atoms with E-state index in [1.807, 2.05) is 9.80 Å². The van der Waals surface area contributed by atoms with Crippen molar-refractivity contribution in [1.29, 1.82) is 0 Å². The third-order valence-corrected chi connectivity index (χ3v) is 7.00. The molecule has 4 rings (SSSR count). The average Bonchev–Trinajstić information content (AvgIpc) is 3.28. The lowest BCUT2D eigenvalue weighted by atomic mass is 9.98. The van der Waals surface area contributed by atoms with E-state index in [9.17, 15) is 9.59 Å². The lowest BCUT2D eigenvalue weighted by molar-refractivity contribution is -0.137. The Balaban J connectivity index is 0.00000182. The molecule has 1 aromatic rings.